The van der Waals surface area contributed by atoms with Crippen molar-refractivity contribution in [1.82, 2.24) is 0 Å². The van der Waals surface area contributed by atoms with Gasteiger partial charge in [0.1, 0.15) is 6.10 Å². The number of aryl methyl sites for hydroxylation is 1. The van der Waals surface area contributed by atoms with Gasteiger partial charge in [-0.15, -0.1) is 0 Å². The highest BCUT2D eigenvalue weighted by atomic mass is 35.5. The molecule has 0 radical (unpaired) electrons. The number of carbonyl (C=O) groups is 1. The number of benzene rings is 2. The van der Waals surface area contributed by atoms with Crippen LogP contribution >= 0.6 is 58.8 Å². The van der Waals surface area contributed by atoms with Gasteiger partial charge in [-0.05, 0) is 90.9 Å². The molecule has 0 bridgehead atoms. The van der Waals surface area contributed by atoms with Crippen LogP contribution in [0.2, 0.25) is 10.0 Å². The average molecular weight is 711 g/mol. The Morgan fingerprint density at radius 3 is 2.78 bits per heavy atom. The number of halogens is 2. The highest BCUT2D eigenvalue weighted by Crippen LogP contribution is 2.41. The predicted octanol–water partition coefficient (Wildman–Crippen LogP) is 9.11. The summed E-state index contributed by atoms with van der Waals surface area (Å²) in [5.74, 6) is 6.54. The molecular weight excluding hydrogens is 671 g/mol. The number of oxazole rings is 1. The molecule has 0 aliphatic carbocycles. The Morgan fingerprint density at radius 2 is 1.96 bits per heavy atom. The molecule has 1 fully saturated rings. The van der Waals surface area contributed by atoms with Gasteiger partial charge in [-0.2, -0.15) is 28.1 Å². The number of hydrogen-bond acceptors (Lipinski definition) is 9. The molecule has 3 heterocycles. The Balaban J connectivity index is 1.37. The molecule has 2 aliphatic heterocycles. The summed E-state index contributed by atoms with van der Waals surface area (Å²) in [6, 6.07) is 11.1. The van der Waals surface area contributed by atoms with E-state index in [1.165, 1.54) is 18.6 Å². The van der Waals surface area contributed by atoms with E-state index >= 15 is 0 Å². The van der Waals surface area contributed by atoms with Gasteiger partial charge in [0.2, 0.25) is 11.5 Å². The summed E-state index contributed by atoms with van der Waals surface area (Å²) in [5.41, 5.74) is 3.42. The summed E-state index contributed by atoms with van der Waals surface area (Å²) < 4.78 is 29.9. The molecule has 1 atom stereocenters. The SMILES string of the molecule is CCC(=Cc1oc2ccc(Cl)cc2[n+]1CCCSO)C=C1Oc2ccc(Cl)cc2N1CCC(=O)OC1CCSCCCCSC1. The number of ether oxygens (including phenoxy) is 2. The van der Waals surface area contributed by atoms with Gasteiger partial charge in [0.25, 0.3) is 5.52 Å². The van der Waals surface area contributed by atoms with Crippen molar-refractivity contribution in [2.24, 2.45) is 0 Å². The molecule has 0 spiro atoms. The molecule has 1 saturated heterocycles. The van der Waals surface area contributed by atoms with Crippen LogP contribution in [0.1, 0.15) is 51.3 Å². The highest BCUT2D eigenvalue weighted by molar-refractivity contribution is 7.99. The lowest BCUT2D eigenvalue weighted by molar-refractivity contribution is -0.677. The fourth-order valence-electron chi connectivity index (χ4n) is 5.24. The number of esters is 1. The zero-order valence-electron chi connectivity index (χ0n) is 25.3. The summed E-state index contributed by atoms with van der Waals surface area (Å²) in [5, 5.41) is 1.22. The standard InChI is InChI=1S/C33H38Cl2N2O5S3/c1-2-23(18-31-36(12-5-16-45-39)27-20-24(34)6-8-29(27)41-31)19-32-37(28-21-25(35)7-9-30(28)42-32)13-10-33(38)40-26-11-17-43-14-3-4-15-44-22-26/h6-9,18-21,26H,2-5,10-17,22H2,1H3/p+1. The van der Waals surface area contributed by atoms with E-state index in [9.17, 15) is 9.35 Å². The topological polar surface area (TPSA) is 76.0 Å². The molecule has 45 heavy (non-hydrogen) atoms. The summed E-state index contributed by atoms with van der Waals surface area (Å²) in [6.07, 6.45) is 8.99. The van der Waals surface area contributed by atoms with Gasteiger partial charge in [0.15, 0.2) is 12.3 Å². The van der Waals surface area contributed by atoms with Crippen molar-refractivity contribution in [3.63, 3.8) is 0 Å². The molecule has 3 aromatic rings. The fraction of sp³-hybridized carbons (Fsp3) is 0.455. The molecule has 1 aromatic heterocycles. The number of rotatable bonds is 11. The maximum absolute atomic E-state index is 13.1. The molecular formula is C33H39Cl2N2O5S3+. The van der Waals surface area contributed by atoms with Crippen LogP contribution in [0, 0.1) is 0 Å². The maximum atomic E-state index is 13.1. The van der Waals surface area contributed by atoms with E-state index in [4.69, 9.17) is 37.1 Å². The normalized spacial score (nSPS) is 18.7. The lowest BCUT2D eigenvalue weighted by Crippen LogP contribution is -2.35. The summed E-state index contributed by atoms with van der Waals surface area (Å²) in [7, 11) is 0. The molecule has 0 amide bonds. The van der Waals surface area contributed by atoms with Gasteiger partial charge in [0.05, 0.1) is 18.2 Å². The molecule has 242 valence electrons. The summed E-state index contributed by atoms with van der Waals surface area (Å²) >= 11 is 17.4. The monoisotopic (exact) mass is 709 g/mol. The smallest absolute Gasteiger partial charge is 0.374 e. The van der Waals surface area contributed by atoms with Crippen LogP contribution in [-0.2, 0) is 16.1 Å². The van der Waals surface area contributed by atoms with Crippen LogP contribution in [0.3, 0.4) is 0 Å². The Labute approximate surface area is 287 Å². The van der Waals surface area contributed by atoms with Crippen LogP contribution in [0.4, 0.5) is 5.69 Å². The summed E-state index contributed by atoms with van der Waals surface area (Å²) in [6.45, 7) is 3.13. The third-order valence-electron chi connectivity index (χ3n) is 7.58. The molecule has 7 nitrogen and oxygen atoms in total. The number of allylic oxidation sites excluding steroid dienone is 2. The number of nitrogens with zero attached hydrogens (tertiary/aromatic N) is 2. The van der Waals surface area contributed by atoms with Crippen molar-refractivity contribution >= 4 is 87.6 Å². The Bertz CT molecular complexity index is 1520. The number of aromatic nitrogens is 1. The van der Waals surface area contributed by atoms with E-state index in [0.29, 0.717) is 52.8 Å². The van der Waals surface area contributed by atoms with E-state index in [1.54, 1.807) is 6.07 Å². The van der Waals surface area contributed by atoms with Gasteiger partial charge in [-0.25, -0.2) is 0 Å². The van der Waals surface area contributed by atoms with Gasteiger partial charge >= 0.3 is 11.9 Å². The van der Waals surface area contributed by atoms with Crippen molar-refractivity contribution in [2.45, 2.75) is 58.1 Å². The molecule has 12 heteroatoms. The van der Waals surface area contributed by atoms with Gasteiger partial charge in [-0.3, -0.25) is 4.79 Å². The van der Waals surface area contributed by atoms with Crippen molar-refractivity contribution < 1.29 is 27.8 Å². The quantitative estimate of drug-likeness (QED) is 0.0908. The number of fused-ring (bicyclic) bond motifs is 2. The number of thioether (sulfide) groups is 2. The average Bonchev–Trinajstić information content (AvgIpc) is 3.54. The van der Waals surface area contributed by atoms with Crippen LogP contribution in [0.25, 0.3) is 17.2 Å². The van der Waals surface area contributed by atoms with Crippen LogP contribution < -0.4 is 14.2 Å². The zero-order valence-corrected chi connectivity index (χ0v) is 29.3. The second-order valence-electron chi connectivity index (χ2n) is 10.9. The van der Waals surface area contributed by atoms with Crippen molar-refractivity contribution in [3.05, 3.63) is 69.9 Å². The van der Waals surface area contributed by atoms with E-state index < -0.39 is 0 Å². The van der Waals surface area contributed by atoms with Gasteiger partial charge in [0, 0.05) is 46.7 Å². The molecule has 2 aromatic carbocycles. The molecule has 2 aliphatic rings. The van der Waals surface area contributed by atoms with Gasteiger partial charge in [-0.1, -0.05) is 30.1 Å². The molecule has 5 rings (SSSR count). The number of carbonyl (C=O) groups excluding carboxylic acids is 1. The Hall–Kier alpha value is -1.95. The molecule has 1 N–H and O–H groups in total. The first kappa shape index (κ1) is 34.4. The minimum Gasteiger partial charge on any atom is -0.461 e. The first-order chi connectivity index (χ1) is 21.9. The minimum absolute atomic E-state index is 0.0596. The lowest BCUT2D eigenvalue weighted by Gasteiger charge is -2.21. The van der Waals surface area contributed by atoms with Crippen LogP contribution in [-0.4, -0.2) is 51.9 Å². The first-order valence-corrected chi connectivity index (χ1v) is 19.4. The minimum atomic E-state index is -0.202. The van der Waals surface area contributed by atoms with E-state index in [-0.39, 0.29) is 18.5 Å². The van der Waals surface area contributed by atoms with Crippen molar-refractivity contribution in [2.75, 3.05) is 40.2 Å². The Kier molecular flexibility index (Phi) is 13.2. The zero-order chi connectivity index (χ0) is 31.6. The highest BCUT2D eigenvalue weighted by Gasteiger charge is 2.29. The second-order valence-corrected chi connectivity index (χ2v) is 14.8. The van der Waals surface area contributed by atoms with Gasteiger partial charge < -0.3 is 23.3 Å². The Morgan fingerprint density at radius 1 is 1.16 bits per heavy atom. The van der Waals surface area contributed by atoms with Crippen molar-refractivity contribution in [1.29, 1.82) is 0 Å². The molecule has 1 unspecified atom stereocenters. The largest absolute Gasteiger partial charge is 0.461 e. The molecule has 0 saturated carbocycles. The third kappa shape index (κ3) is 9.55. The number of hydrogen-bond donors (Lipinski definition) is 1. The summed E-state index contributed by atoms with van der Waals surface area (Å²) in [4.78, 5) is 15.1. The van der Waals surface area contributed by atoms with Crippen molar-refractivity contribution in [3.8, 4) is 5.75 Å². The maximum Gasteiger partial charge on any atom is 0.374 e. The number of anilines is 1. The van der Waals surface area contributed by atoms with E-state index in [2.05, 4.69) is 11.5 Å². The first-order valence-electron chi connectivity index (χ1n) is 15.4. The van der Waals surface area contributed by atoms with E-state index in [1.807, 2.05) is 70.9 Å². The van der Waals surface area contributed by atoms with E-state index in [0.717, 1.165) is 64.5 Å². The third-order valence-corrected chi connectivity index (χ3v) is 10.8. The van der Waals surface area contributed by atoms with Crippen LogP contribution in [0.15, 0.2) is 58.3 Å². The second kappa shape index (κ2) is 17.3. The fourth-order valence-corrected chi connectivity index (χ4v) is 7.94. The van der Waals surface area contributed by atoms with Crippen LogP contribution in [0.5, 0.6) is 5.75 Å². The predicted molar refractivity (Wildman–Crippen MR) is 190 cm³/mol. The lowest BCUT2D eigenvalue weighted by atomic mass is 10.1.